The molecule has 1 saturated heterocycles. The number of carbonyl (C=O) groups excluding carboxylic acids is 1. The Morgan fingerprint density at radius 2 is 1.73 bits per heavy atom. The van der Waals surface area contributed by atoms with Crippen LogP contribution < -0.4 is 9.64 Å². The Labute approximate surface area is 193 Å². The first-order chi connectivity index (χ1) is 16.3. The molecule has 0 atom stereocenters. The van der Waals surface area contributed by atoms with Crippen molar-refractivity contribution >= 4 is 11.9 Å². The topological polar surface area (TPSA) is 71.5 Å². The molecule has 2 aliphatic rings. The number of piperazine rings is 1. The molecule has 0 spiro atoms. The van der Waals surface area contributed by atoms with Crippen LogP contribution in [0.25, 0.3) is 0 Å². The van der Waals surface area contributed by atoms with Gasteiger partial charge < -0.3 is 14.5 Å². The second-order valence-electron chi connectivity index (χ2n) is 8.26. The van der Waals surface area contributed by atoms with Crippen LogP contribution in [0, 0.1) is 17.8 Å². The van der Waals surface area contributed by atoms with Gasteiger partial charge in [0.05, 0.1) is 12.2 Å². The normalized spacial score (nSPS) is 15.5. The van der Waals surface area contributed by atoms with E-state index in [1.165, 1.54) is 12.8 Å². The van der Waals surface area contributed by atoms with E-state index < -0.39 is 0 Å². The van der Waals surface area contributed by atoms with Crippen LogP contribution in [0.2, 0.25) is 0 Å². The molecule has 1 aliphatic carbocycles. The van der Waals surface area contributed by atoms with Crippen LogP contribution in [0.1, 0.15) is 34.5 Å². The molecule has 1 saturated carbocycles. The van der Waals surface area contributed by atoms with Crippen molar-refractivity contribution in [3.63, 3.8) is 0 Å². The van der Waals surface area contributed by atoms with E-state index in [1.807, 2.05) is 41.3 Å². The van der Waals surface area contributed by atoms with Gasteiger partial charge in [0, 0.05) is 50.3 Å². The lowest BCUT2D eigenvalue weighted by Crippen LogP contribution is -2.49. The van der Waals surface area contributed by atoms with E-state index in [9.17, 15) is 4.79 Å². The molecule has 3 heterocycles. The molecule has 3 aromatic rings. The van der Waals surface area contributed by atoms with Crippen LogP contribution in [0.5, 0.6) is 5.75 Å². The van der Waals surface area contributed by atoms with Crippen LogP contribution >= 0.6 is 0 Å². The molecular weight excluding hydrogens is 414 g/mol. The lowest BCUT2D eigenvalue weighted by molar-refractivity contribution is 0.0746. The molecule has 166 valence electrons. The molecule has 2 fully saturated rings. The molecule has 7 nitrogen and oxygen atoms in total. The summed E-state index contributed by atoms with van der Waals surface area (Å²) in [6.07, 6.45) is 7.62. The van der Waals surface area contributed by atoms with Gasteiger partial charge in [-0.3, -0.25) is 4.79 Å². The number of ether oxygens (including phenoxy) is 1. The maximum absolute atomic E-state index is 13.2. The van der Waals surface area contributed by atoms with E-state index in [2.05, 4.69) is 31.7 Å². The third-order valence-corrected chi connectivity index (χ3v) is 5.79. The summed E-state index contributed by atoms with van der Waals surface area (Å²) in [5.74, 6) is 8.30. The number of pyridine rings is 1. The van der Waals surface area contributed by atoms with E-state index in [4.69, 9.17) is 4.74 Å². The van der Waals surface area contributed by atoms with Gasteiger partial charge in [0.25, 0.3) is 5.91 Å². The molecule has 0 unspecified atom stereocenters. The standard InChI is InChI=1S/C26H25N5O2/c32-25(30-14-16-31(17-15-30)26-28-12-3-13-29-26)22-8-10-24(33-19-20-5-6-20)21(18-22)7-9-23-4-1-2-11-27-23/h1-4,8,10-13,18,20H,5-6,14-17,19H2. The number of hydrogen-bond acceptors (Lipinski definition) is 6. The minimum absolute atomic E-state index is 0.00161. The zero-order valence-electron chi connectivity index (χ0n) is 18.4. The average Bonchev–Trinajstić information content (AvgIpc) is 3.72. The maximum atomic E-state index is 13.2. The number of benzene rings is 1. The largest absolute Gasteiger partial charge is 0.492 e. The van der Waals surface area contributed by atoms with Gasteiger partial charge in [-0.15, -0.1) is 0 Å². The lowest BCUT2D eigenvalue weighted by atomic mass is 10.1. The first-order valence-electron chi connectivity index (χ1n) is 11.3. The van der Waals surface area contributed by atoms with Crippen molar-refractivity contribution in [2.24, 2.45) is 5.92 Å². The van der Waals surface area contributed by atoms with Crippen molar-refractivity contribution in [3.8, 4) is 17.6 Å². The first kappa shape index (κ1) is 21.0. The quantitative estimate of drug-likeness (QED) is 0.569. The molecule has 0 bridgehead atoms. The molecule has 0 radical (unpaired) electrons. The van der Waals surface area contributed by atoms with E-state index in [0.29, 0.717) is 67.2 Å². The fourth-order valence-corrected chi connectivity index (χ4v) is 3.69. The molecule has 1 amide bonds. The number of nitrogens with zero attached hydrogens (tertiary/aromatic N) is 5. The third kappa shape index (κ3) is 5.29. The highest BCUT2D eigenvalue weighted by Crippen LogP contribution is 2.30. The molecule has 33 heavy (non-hydrogen) atoms. The monoisotopic (exact) mass is 439 g/mol. The molecule has 7 heteroatoms. The second kappa shape index (κ2) is 9.70. The zero-order chi connectivity index (χ0) is 22.5. The number of amides is 1. The number of hydrogen-bond donors (Lipinski definition) is 0. The summed E-state index contributed by atoms with van der Waals surface area (Å²) in [6.45, 7) is 3.32. The van der Waals surface area contributed by atoms with E-state index in [0.717, 1.165) is 0 Å². The Morgan fingerprint density at radius 3 is 2.45 bits per heavy atom. The van der Waals surface area contributed by atoms with Gasteiger partial charge >= 0.3 is 0 Å². The van der Waals surface area contributed by atoms with Crippen molar-refractivity contribution in [3.05, 3.63) is 77.9 Å². The van der Waals surface area contributed by atoms with E-state index in [1.54, 1.807) is 24.7 Å². The minimum Gasteiger partial charge on any atom is -0.492 e. The summed E-state index contributed by atoms with van der Waals surface area (Å²) >= 11 is 0. The van der Waals surface area contributed by atoms with Crippen molar-refractivity contribution < 1.29 is 9.53 Å². The summed E-state index contributed by atoms with van der Waals surface area (Å²) in [6, 6.07) is 13.0. The van der Waals surface area contributed by atoms with Gasteiger partial charge in [0.1, 0.15) is 11.4 Å². The highest BCUT2D eigenvalue weighted by molar-refractivity contribution is 5.95. The van der Waals surface area contributed by atoms with Crippen molar-refractivity contribution in [1.82, 2.24) is 19.9 Å². The van der Waals surface area contributed by atoms with Gasteiger partial charge in [-0.1, -0.05) is 12.0 Å². The number of anilines is 1. The minimum atomic E-state index is -0.00161. The summed E-state index contributed by atoms with van der Waals surface area (Å²) in [5.41, 5.74) is 2.01. The van der Waals surface area contributed by atoms with Crippen LogP contribution in [0.15, 0.2) is 61.1 Å². The Morgan fingerprint density at radius 1 is 0.939 bits per heavy atom. The number of carbonyl (C=O) groups is 1. The highest BCUT2D eigenvalue weighted by Gasteiger charge is 2.25. The van der Waals surface area contributed by atoms with Gasteiger partial charge in [-0.2, -0.15) is 0 Å². The number of aromatic nitrogens is 3. The Hall–Kier alpha value is -3.92. The van der Waals surface area contributed by atoms with Gasteiger partial charge in [-0.05, 0) is 61.1 Å². The van der Waals surface area contributed by atoms with Gasteiger partial charge in [-0.25, -0.2) is 15.0 Å². The average molecular weight is 440 g/mol. The van der Waals surface area contributed by atoms with Gasteiger partial charge in [0.2, 0.25) is 5.95 Å². The van der Waals surface area contributed by atoms with Crippen molar-refractivity contribution in [1.29, 1.82) is 0 Å². The Bertz CT molecular complexity index is 1160. The third-order valence-electron chi connectivity index (χ3n) is 5.79. The molecule has 0 N–H and O–H groups in total. The zero-order valence-corrected chi connectivity index (χ0v) is 18.4. The molecule has 1 aromatic carbocycles. The van der Waals surface area contributed by atoms with Crippen LogP contribution in [0.4, 0.5) is 5.95 Å². The summed E-state index contributed by atoms with van der Waals surface area (Å²) < 4.78 is 6.02. The Balaban J connectivity index is 1.32. The molecule has 1 aliphatic heterocycles. The number of rotatable bonds is 5. The molecule has 2 aromatic heterocycles. The van der Waals surface area contributed by atoms with Gasteiger partial charge in [0.15, 0.2) is 0 Å². The SMILES string of the molecule is O=C(c1ccc(OCC2CC2)c(C#Cc2ccccn2)c1)N1CCN(c2ncccn2)CC1. The molecule has 5 rings (SSSR count). The summed E-state index contributed by atoms with van der Waals surface area (Å²) in [5, 5.41) is 0. The Kier molecular flexibility index (Phi) is 6.16. The van der Waals surface area contributed by atoms with Crippen LogP contribution in [0.3, 0.4) is 0 Å². The fraction of sp³-hybridized carbons (Fsp3) is 0.308. The van der Waals surface area contributed by atoms with Crippen molar-refractivity contribution in [2.75, 3.05) is 37.7 Å². The molecular formula is C26H25N5O2. The van der Waals surface area contributed by atoms with Crippen LogP contribution in [-0.2, 0) is 0 Å². The summed E-state index contributed by atoms with van der Waals surface area (Å²) in [7, 11) is 0. The van der Waals surface area contributed by atoms with E-state index >= 15 is 0 Å². The smallest absolute Gasteiger partial charge is 0.254 e. The summed E-state index contributed by atoms with van der Waals surface area (Å²) in [4.78, 5) is 30.1. The van der Waals surface area contributed by atoms with Crippen LogP contribution in [-0.4, -0.2) is 58.5 Å². The fourth-order valence-electron chi connectivity index (χ4n) is 3.69. The van der Waals surface area contributed by atoms with E-state index in [-0.39, 0.29) is 5.91 Å². The highest BCUT2D eigenvalue weighted by atomic mass is 16.5. The predicted octanol–water partition coefficient (Wildman–Crippen LogP) is 3.02. The second-order valence-corrected chi connectivity index (χ2v) is 8.26. The predicted molar refractivity (Wildman–Crippen MR) is 125 cm³/mol. The maximum Gasteiger partial charge on any atom is 0.254 e. The lowest BCUT2D eigenvalue weighted by Gasteiger charge is -2.34. The first-order valence-corrected chi connectivity index (χ1v) is 11.3. The van der Waals surface area contributed by atoms with Crippen molar-refractivity contribution in [2.45, 2.75) is 12.8 Å².